The van der Waals surface area contributed by atoms with Crippen molar-refractivity contribution in [3.63, 3.8) is 0 Å². The Bertz CT molecular complexity index is 825. The van der Waals surface area contributed by atoms with Crippen molar-refractivity contribution in [1.82, 2.24) is 5.32 Å². The second-order valence-electron chi connectivity index (χ2n) is 6.09. The topological polar surface area (TPSA) is 70.7 Å². The Labute approximate surface area is 157 Å². The lowest BCUT2D eigenvalue weighted by Crippen LogP contribution is -2.47. The number of piperazine rings is 1. The molecule has 0 atom stereocenters. The molecule has 1 saturated heterocycles. The van der Waals surface area contributed by atoms with E-state index < -0.39 is 0 Å². The van der Waals surface area contributed by atoms with Crippen LogP contribution in [-0.4, -0.2) is 38.1 Å². The number of carbonyl (C=O) groups excluding carboxylic acids is 2. The molecule has 0 unspecified atom stereocenters. The van der Waals surface area contributed by atoms with Gasteiger partial charge in [-0.2, -0.15) is 0 Å². The molecule has 2 amide bonds. The molecule has 0 aromatic heterocycles. The summed E-state index contributed by atoms with van der Waals surface area (Å²) in [5.41, 5.74) is 2.42. The summed E-state index contributed by atoms with van der Waals surface area (Å²) in [7, 11) is 0. The minimum Gasteiger partial charge on any atom is -0.484 e. The van der Waals surface area contributed by atoms with E-state index in [1.54, 1.807) is 24.3 Å². The molecule has 0 aliphatic carbocycles. The van der Waals surface area contributed by atoms with E-state index in [0.29, 0.717) is 29.5 Å². The van der Waals surface area contributed by atoms with Crippen LogP contribution in [0.25, 0.3) is 0 Å². The minimum absolute atomic E-state index is 0.0296. The summed E-state index contributed by atoms with van der Waals surface area (Å²) in [6.45, 7) is 3.43. The SMILES string of the molecule is Cc1cccc(OCC(=O)Nc2ccc(N3CCNC(=O)C3)c(Cl)c2)c1. The van der Waals surface area contributed by atoms with Crippen LogP contribution in [0.3, 0.4) is 0 Å². The molecule has 2 N–H and O–H groups in total. The summed E-state index contributed by atoms with van der Waals surface area (Å²) in [4.78, 5) is 25.5. The number of aryl methyl sites for hydroxylation is 1. The highest BCUT2D eigenvalue weighted by Crippen LogP contribution is 2.29. The maximum atomic E-state index is 12.1. The Balaban J connectivity index is 1.58. The zero-order valence-corrected chi connectivity index (χ0v) is 15.2. The van der Waals surface area contributed by atoms with E-state index in [4.69, 9.17) is 16.3 Å². The molecule has 6 nitrogen and oxygen atoms in total. The Morgan fingerprint density at radius 3 is 2.88 bits per heavy atom. The van der Waals surface area contributed by atoms with Gasteiger partial charge in [0.25, 0.3) is 5.91 Å². The Hall–Kier alpha value is -2.73. The maximum Gasteiger partial charge on any atom is 0.262 e. The number of rotatable bonds is 5. The standard InChI is InChI=1S/C19H20ClN3O3/c1-13-3-2-4-15(9-13)26-12-19(25)22-14-5-6-17(16(20)10-14)23-8-7-21-18(24)11-23/h2-6,9-10H,7-8,11-12H2,1H3,(H,21,24)(H,22,25). The molecule has 0 saturated carbocycles. The highest BCUT2D eigenvalue weighted by atomic mass is 35.5. The minimum atomic E-state index is -0.271. The summed E-state index contributed by atoms with van der Waals surface area (Å²) in [5.74, 6) is 0.350. The number of halogens is 1. The van der Waals surface area contributed by atoms with Crippen LogP contribution < -0.4 is 20.3 Å². The lowest BCUT2D eigenvalue weighted by atomic mass is 10.2. The number of hydrogen-bond acceptors (Lipinski definition) is 4. The third-order valence-corrected chi connectivity index (χ3v) is 4.27. The molecule has 1 fully saturated rings. The van der Waals surface area contributed by atoms with Gasteiger partial charge in [0.15, 0.2) is 6.61 Å². The largest absolute Gasteiger partial charge is 0.484 e. The zero-order chi connectivity index (χ0) is 18.5. The molecule has 1 aliphatic rings. The molecule has 7 heteroatoms. The van der Waals surface area contributed by atoms with Crippen LogP contribution in [0.4, 0.5) is 11.4 Å². The monoisotopic (exact) mass is 373 g/mol. The lowest BCUT2D eigenvalue weighted by molar-refractivity contribution is -0.120. The summed E-state index contributed by atoms with van der Waals surface area (Å²) in [6, 6.07) is 12.8. The molecule has 1 heterocycles. The molecular formula is C19H20ClN3O3. The van der Waals surface area contributed by atoms with Gasteiger partial charge in [0.05, 0.1) is 17.3 Å². The second kappa shape index (κ2) is 8.10. The molecule has 0 spiro atoms. The number of ether oxygens (including phenoxy) is 1. The molecular weight excluding hydrogens is 354 g/mol. The van der Waals surface area contributed by atoms with Crippen molar-refractivity contribution in [2.24, 2.45) is 0 Å². The van der Waals surface area contributed by atoms with Crippen LogP contribution in [0.15, 0.2) is 42.5 Å². The first-order chi connectivity index (χ1) is 12.5. The molecule has 26 heavy (non-hydrogen) atoms. The number of hydrogen-bond donors (Lipinski definition) is 2. The summed E-state index contributed by atoms with van der Waals surface area (Å²) >= 11 is 6.33. The van der Waals surface area contributed by atoms with Crippen molar-refractivity contribution in [2.75, 3.05) is 36.5 Å². The van der Waals surface area contributed by atoms with E-state index in [0.717, 1.165) is 11.3 Å². The third kappa shape index (κ3) is 4.67. The Morgan fingerprint density at radius 2 is 2.15 bits per heavy atom. The molecule has 2 aromatic carbocycles. The van der Waals surface area contributed by atoms with Crippen LogP contribution in [0.5, 0.6) is 5.75 Å². The first-order valence-corrected chi connectivity index (χ1v) is 8.69. The van der Waals surface area contributed by atoms with Gasteiger partial charge in [0.1, 0.15) is 5.75 Å². The number of amides is 2. The summed E-state index contributed by atoms with van der Waals surface area (Å²) in [5, 5.41) is 6.02. The van der Waals surface area contributed by atoms with Crippen LogP contribution in [0, 0.1) is 6.92 Å². The van der Waals surface area contributed by atoms with Crippen LogP contribution in [0.2, 0.25) is 5.02 Å². The van der Waals surface area contributed by atoms with Crippen LogP contribution in [-0.2, 0) is 9.59 Å². The van der Waals surface area contributed by atoms with Crippen molar-refractivity contribution in [1.29, 1.82) is 0 Å². The fourth-order valence-electron chi connectivity index (χ4n) is 2.74. The van der Waals surface area contributed by atoms with Crippen LogP contribution >= 0.6 is 11.6 Å². The second-order valence-corrected chi connectivity index (χ2v) is 6.50. The van der Waals surface area contributed by atoms with Gasteiger partial charge in [-0.15, -0.1) is 0 Å². The predicted octanol–water partition coefficient (Wildman–Crippen LogP) is 2.60. The number of nitrogens with zero attached hydrogens (tertiary/aromatic N) is 1. The Morgan fingerprint density at radius 1 is 1.31 bits per heavy atom. The van der Waals surface area contributed by atoms with Gasteiger partial charge in [-0.1, -0.05) is 23.7 Å². The van der Waals surface area contributed by atoms with Gasteiger partial charge in [-0.25, -0.2) is 0 Å². The van der Waals surface area contributed by atoms with E-state index in [9.17, 15) is 9.59 Å². The number of nitrogens with one attached hydrogen (secondary N) is 2. The van der Waals surface area contributed by atoms with E-state index in [1.165, 1.54) is 0 Å². The van der Waals surface area contributed by atoms with Crippen molar-refractivity contribution >= 4 is 34.8 Å². The molecule has 1 aliphatic heterocycles. The lowest BCUT2D eigenvalue weighted by Gasteiger charge is -2.29. The number of carbonyl (C=O) groups is 2. The molecule has 3 rings (SSSR count). The van der Waals surface area contributed by atoms with Crippen molar-refractivity contribution < 1.29 is 14.3 Å². The average molecular weight is 374 g/mol. The van der Waals surface area contributed by atoms with E-state index in [-0.39, 0.29) is 25.0 Å². The zero-order valence-electron chi connectivity index (χ0n) is 14.4. The predicted molar refractivity (Wildman–Crippen MR) is 102 cm³/mol. The maximum absolute atomic E-state index is 12.1. The fraction of sp³-hybridized carbons (Fsp3) is 0.263. The molecule has 2 aromatic rings. The van der Waals surface area contributed by atoms with Gasteiger partial charge >= 0.3 is 0 Å². The molecule has 0 bridgehead atoms. The number of benzene rings is 2. The van der Waals surface area contributed by atoms with Crippen molar-refractivity contribution in [3.05, 3.63) is 53.1 Å². The fourth-order valence-corrected chi connectivity index (χ4v) is 3.04. The smallest absolute Gasteiger partial charge is 0.262 e. The van der Waals surface area contributed by atoms with Gasteiger partial charge in [-0.3, -0.25) is 9.59 Å². The average Bonchev–Trinajstić information content (AvgIpc) is 2.60. The first kappa shape index (κ1) is 18.1. The van der Waals surface area contributed by atoms with Gasteiger partial charge < -0.3 is 20.3 Å². The van der Waals surface area contributed by atoms with Gasteiger partial charge in [-0.05, 0) is 42.8 Å². The molecule has 0 radical (unpaired) electrons. The van der Waals surface area contributed by atoms with E-state index in [1.807, 2.05) is 30.0 Å². The van der Waals surface area contributed by atoms with E-state index >= 15 is 0 Å². The van der Waals surface area contributed by atoms with E-state index in [2.05, 4.69) is 10.6 Å². The van der Waals surface area contributed by atoms with Gasteiger partial charge in [0.2, 0.25) is 5.91 Å². The highest BCUT2D eigenvalue weighted by Gasteiger charge is 2.18. The summed E-state index contributed by atoms with van der Waals surface area (Å²) in [6.07, 6.45) is 0. The highest BCUT2D eigenvalue weighted by molar-refractivity contribution is 6.33. The Kier molecular flexibility index (Phi) is 5.63. The third-order valence-electron chi connectivity index (χ3n) is 3.97. The first-order valence-electron chi connectivity index (χ1n) is 8.32. The van der Waals surface area contributed by atoms with Crippen molar-refractivity contribution in [2.45, 2.75) is 6.92 Å². The number of anilines is 2. The molecule has 136 valence electrons. The summed E-state index contributed by atoms with van der Waals surface area (Å²) < 4.78 is 5.48. The normalized spacial score (nSPS) is 13.9. The van der Waals surface area contributed by atoms with Crippen molar-refractivity contribution in [3.8, 4) is 5.75 Å². The quantitative estimate of drug-likeness (QED) is 0.845. The van der Waals surface area contributed by atoms with Gasteiger partial charge in [0, 0.05) is 18.8 Å². The van der Waals surface area contributed by atoms with Crippen LogP contribution in [0.1, 0.15) is 5.56 Å².